The predicted octanol–water partition coefficient (Wildman–Crippen LogP) is -1.46. The summed E-state index contributed by atoms with van der Waals surface area (Å²) in [5.74, 6) is -6.63. The van der Waals surface area contributed by atoms with Crippen molar-refractivity contribution in [2.24, 2.45) is 5.73 Å². The molecule has 0 unspecified atom stereocenters. The van der Waals surface area contributed by atoms with E-state index in [0.29, 0.717) is 5.56 Å². The second kappa shape index (κ2) is 11.5. The lowest BCUT2D eigenvalue weighted by atomic mass is 10.1. The molecule has 164 valence electrons. The molecule has 1 atom stereocenters. The summed E-state index contributed by atoms with van der Waals surface area (Å²) in [5, 5.41) is 6.51. The van der Waals surface area contributed by atoms with Crippen LogP contribution in [0.4, 0.5) is 13.2 Å². The molecule has 0 heterocycles. The molecule has 30 heavy (non-hydrogen) atoms. The smallest absolute Gasteiger partial charge is 0.385 e. The Morgan fingerprint density at radius 2 is 1.60 bits per heavy atom. The quantitative estimate of drug-likeness (QED) is 0.274. The minimum absolute atomic E-state index is 0.0280. The molecule has 0 fully saturated rings. The molecule has 0 saturated carbocycles. The highest BCUT2D eigenvalue weighted by Gasteiger charge is 2.42. The van der Waals surface area contributed by atoms with Crippen molar-refractivity contribution < 1.29 is 41.9 Å². The van der Waals surface area contributed by atoms with E-state index in [1.807, 2.05) is 5.32 Å². The van der Waals surface area contributed by atoms with Crippen molar-refractivity contribution >= 4 is 29.7 Å². The molecule has 0 radical (unpaired) electrons. The molecule has 0 bridgehead atoms. The zero-order chi connectivity index (χ0) is 22.7. The summed E-state index contributed by atoms with van der Waals surface area (Å²) in [6.07, 6.45) is -5.39. The number of halogens is 3. The summed E-state index contributed by atoms with van der Waals surface area (Å²) in [6.45, 7) is -1.86. The minimum atomic E-state index is -5.36. The number of amides is 3. The molecular formula is C17H19F3N4O6. The number of alkyl halides is 3. The van der Waals surface area contributed by atoms with Crippen molar-refractivity contribution in [1.82, 2.24) is 16.0 Å². The molecule has 0 aliphatic heterocycles. The molecule has 1 aromatic rings. The number of esters is 2. The monoisotopic (exact) mass is 432 g/mol. The second-order valence-corrected chi connectivity index (χ2v) is 5.77. The van der Waals surface area contributed by atoms with E-state index >= 15 is 0 Å². The highest BCUT2D eigenvalue weighted by molar-refractivity contribution is 5.94. The van der Waals surface area contributed by atoms with Gasteiger partial charge in [-0.1, -0.05) is 30.3 Å². The molecule has 0 aliphatic carbocycles. The summed E-state index contributed by atoms with van der Waals surface area (Å²) in [4.78, 5) is 57.3. The maximum absolute atomic E-state index is 12.3. The molecule has 1 aromatic carbocycles. The summed E-state index contributed by atoms with van der Waals surface area (Å²) in [7, 11) is 0. The molecule has 1 rings (SSSR count). The van der Waals surface area contributed by atoms with Crippen molar-refractivity contribution in [2.75, 3.05) is 19.6 Å². The number of rotatable bonds is 9. The Kier molecular flexibility index (Phi) is 9.42. The Morgan fingerprint density at radius 1 is 0.967 bits per heavy atom. The van der Waals surface area contributed by atoms with Crippen LogP contribution in [0.1, 0.15) is 5.56 Å². The number of nitrogens with two attached hydrogens (primary N) is 1. The first-order valence-corrected chi connectivity index (χ1v) is 8.42. The maximum atomic E-state index is 12.3. The summed E-state index contributed by atoms with van der Waals surface area (Å²) >= 11 is 0. The largest absolute Gasteiger partial charge is 0.491 e. The zero-order valence-corrected chi connectivity index (χ0v) is 15.5. The van der Waals surface area contributed by atoms with Crippen LogP contribution in [0.15, 0.2) is 30.3 Å². The van der Waals surface area contributed by atoms with Crippen LogP contribution in [0.5, 0.6) is 0 Å². The van der Waals surface area contributed by atoms with Crippen molar-refractivity contribution in [3.8, 4) is 0 Å². The molecular weight excluding hydrogens is 413 g/mol. The molecule has 0 saturated heterocycles. The SMILES string of the molecule is NCC(=O)NCC(=O)N[C@@H](Cc1ccccc1)C(=O)NCC(=O)OC(=O)C(F)(F)F. The van der Waals surface area contributed by atoms with Crippen LogP contribution >= 0.6 is 0 Å². The van der Waals surface area contributed by atoms with Crippen molar-refractivity contribution in [3.05, 3.63) is 35.9 Å². The van der Waals surface area contributed by atoms with E-state index in [9.17, 15) is 37.1 Å². The van der Waals surface area contributed by atoms with Crippen LogP contribution in [0.3, 0.4) is 0 Å². The zero-order valence-electron chi connectivity index (χ0n) is 15.5. The van der Waals surface area contributed by atoms with Crippen molar-refractivity contribution in [1.29, 1.82) is 0 Å². The average Bonchev–Trinajstić information content (AvgIpc) is 2.69. The third-order valence-electron chi connectivity index (χ3n) is 3.41. The lowest BCUT2D eigenvalue weighted by molar-refractivity contribution is -0.201. The fourth-order valence-corrected chi connectivity index (χ4v) is 2.04. The van der Waals surface area contributed by atoms with Crippen molar-refractivity contribution in [2.45, 2.75) is 18.6 Å². The fourth-order valence-electron chi connectivity index (χ4n) is 2.04. The topological polar surface area (TPSA) is 157 Å². The van der Waals surface area contributed by atoms with E-state index in [0.717, 1.165) is 0 Å². The van der Waals surface area contributed by atoms with Crippen LogP contribution in [0.25, 0.3) is 0 Å². The lowest BCUT2D eigenvalue weighted by Gasteiger charge is -2.18. The second-order valence-electron chi connectivity index (χ2n) is 5.77. The van der Waals surface area contributed by atoms with Gasteiger partial charge in [-0.25, -0.2) is 9.59 Å². The number of nitrogens with one attached hydrogen (secondary N) is 3. The van der Waals surface area contributed by atoms with Gasteiger partial charge in [-0.2, -0.15) is 13.2 Å². The predicted molar refractivity (Wildman–Crippen MR) is 94.3 cm³/mol. The highest BCUT2D eigenvalue weighted by Crippen LogP contribution is 2.16. The van der Waals surface area contributed by atoms with Crippen LogP contribution in [0.2, 0.25) is 0 Å². The Morgan fingerprint density at radius 3 is 2.17 bits per heavy atom. The molecule has 0 spiro atoms. The number of carbonyl (C=O) groups excluding carboxylic acids is 5. The number of carbonyl (C=O) groups is 5. The highest BCUT2D eigenvalue weighted by atomic mass is 19.4. The first-order valence-electron chi connectivity index (χ1n) is 8.42. The van der Waals surface area contributed by atoms with Gasteiger partial charge in [0.2, 0.25) is 17.7 Å². The van der Waals surface area contributed by atoms with Gasteiger partial charge in [0.05, 0.1) is 13.1 Å². The molecule has 5 N–H and O–H groups in total. The van der Waals surface area contributed by atoms with Gasteiger partial charge < -0.3 is 26.4 Å². The Hall–Kier alpha value is -3.48. The van der Waals surface area contributed by atoms with E-state index in [1.165, 1.54) is 0 Å². The van der Waals surface area contributed by atoms with E-state index in [4.69, 9.17) is 5.73 Å². The Balaban J connectivity index is 2.71. The van der Waals surface area contributed by atoms with Gasteiger partial charge in [0.15, 0.2) is 0 Å². The van der Waals surface area contributed by atoms with Gasteiger partial charge in [0.25, 0.3) is 0 Å². The van der Waals surface area contributed by atoms with Gasteiger partial charge in [-0.3, -0.25) is 14.4 Å². The number of ether oxygens (including phenoxy) is 1. The maximum Gasteiger partial charge on any atom is 0.491 e. The number of benzene rings is 1. The van der Waals surface area contributed by atoms with Crippen LogP contribution < -0.4 is 21.7 Å². The number of hydrogen-bond donors (Lipinski definition) is 4. The van der Waals surface area contributed by atoms with Gasteiger partial charge in [-0.05, 0) is 5.56 Å². The van der Waals surface area contributed by atoms with Gasteiger partial charge >= 0.3 is 18.1 Å². The molecule has 0 aromatic heterocycles. The van der Waals surface area contributed by atoms with Crippen LogP contribution in [-0.4, -0.2) is 61.5 Å². The van der Waals surface area contributed by atoms with E-state index < -0.39 is 55.0 Å². The molecule has 10 nitrogen and oxygen atoms in total. The van der Waals surface area contributed by atoms with Gasteiger partial charge in [0, 0.05) is 6.42 Å². The molecule has 0 aliphatic rings. The van der Waals surface area contributed by atoms with Gasteiger partial charge in [-0.15, -0.1) is 0 Å². The summed E-state index contributed by atoms with van der Waals surface area (Å²) < 4.78 is 39.8. The fraction of sp³-hybridized carbons (Fsp3) is 0.353. The Labute approximate surface area is 168 Å². The normalized spacial score (nSPS) is 11.7. The van der Waals surface area contributed by atoms with Gasteiger partial charge in [0.1, 0.15) is 12.6 Å². The summed E-state index contributed by atoms with van der Waals surface area (Å²) in [6, 6.07) is 7.13. The molecule has 13 heteroatoms. The van der Waals surface area contributed by atoms with Crippen molar-refractivity contribution in [3.63, 3.8) is 0 Å². The first kappa shape index (κ1) is 24.6. The van der Waals surface area contributed by atoms with E-state index in [-0.39, 0.29) is 13.0 Å². The van der Waals surface area contributed by atoms with E-state index in [2.05, 4.69) is 15.4 Å². The van der Waals surface area contributed by atoms with E-state index in [1.54, 1.807) is 30.3 Å². The average molecular weight is 432 g/mol. The van der Waals surface area contributed by atoms with Crippen LogP contribution in [-0.2, 0) is 35.1 Å². The van der Waals surface area contributed by atoms with Crippen LogP contribution in [0, 0.1) is 0 Å². The number of hydrogen-bond acceptors (Lipinski definition) is 7. The molecule has 3 amide bonds. The first-order chi connectivity index (χ1) is 14.0. The standard InChI is InChI=1S/C17H19F3N4O6/c18-17(19,20)16(29)30-14(27)9-23-15(28)11(6-10-4-2-1-3-5-10)24-13(26)8-22-12(25)7-21/h1-5,11H,6-9,21H2,(H,22,25)(H,23,28)(H,24,26)/t11-/m0/s1. The minimum Gasteiger partial charge on any atom is -0.385 e. The Bertz CT molecular complexity index is 785. The third kappa shape index (κ3) is 9.14. The third-order valence-corrected chi connectivity index (χ3v) is 3.41. The lowest BCUT2D eigenvalue weighted by Crippen LogP contribution is -2.51. The summed E-state index contributed by atoms with van der Waals surface area (Å²) in [5.41, 5.74) is 5.72.